The van der Waals surface area contributed by atoms with Gasteiger partial charge >= 0.3 is 0 Å². The highest BCUT2D eigenvalue weighted by Gasteiger charge is 2.17. The van der Waals surface area contributed by atoms with Crippen molar-refractivity contribution >= 4 is 35.0 Å². The molecule has 1 N–H and O–H groups in total. The number of methoxy groups -OCH3 is 1. The van der Waals surface area contributed by atoms with Crippen LogP contribution in [0, 0.1) is 6.92 Å². The second kappa shape index (κ2) is 9.15. The first-order valence-electron chi connectivity index (χ1n) is 8.86. The third-order valence-corrected chi connectivity index (χ3v) is 5.64. The van der Waals surface area contributed by atoms with Crippen molar-refractivity contribution in [3.05, 3.63) is 75.5 Å². The average Bonchev–Trinajstić information content (AvgIpc) is 2.72. The van der Waals surface area contributed by atoms with E-state index in [-0.39, 0.29) is 11.5 Å². The van der Waals surface area contributed by atoms with Crippen LogP contribution in [0.2, 0.25) is 5.02 Å². The summed E-state index contributed by atoms with van der Waals surface area (Å²) in [6.45, 7) is 3.66. The van der Waals surface area contributed by atoms with Crippen LogP contribution in [0.5, 0.6) is 5.75 Å². The van der Waals surface area contributed by atoms with Gasteiger partial charge in [-0.15, -0.1) is 0 Å². The number of rotatable bonds is 6. The Hall–Kier alpha value is -2.77. The Bertz CT molecular complexity index is 1100. The highest BCUT2D eigenvalue weighted by atomic mass is 35.5. The summed E-state index contributed by atoms with van der Waals surface area (Å²) in [6, 6.07) is 15.5. The molecule has 0 fully saturated rings. The zero-order valence-electron chi connectivity index (χ0n) is 16.2. The molecule has 0 saturated carbocycles. The van der Waals surface area contributed by atoms with Gasteiger partial charge in [0.25, 0.3) is 5.56 Å². The largest absolute Gasteiger partial charge is 0.495 e. The maximum absolute atomic E-state index is 12.6. The molecule has 1 aromatic heterocycles. The molecular weight excluding hydrogens is 410 g/mol. The minimum Gasteiger partial charge on any atom is -0.495 e. The number of hydrogen-bond acceptors (Lipinski definition) is 5. The maximum atomic E-state index is 12.6. The van der Waals surface area contributed by atoms with Crippen molar-refractivity contribution in [3.63, 3.8) is 0 Å². The van der Waals surface area contributed by atoms with Crippen molar-refractivity contribution in [2.45, 2.75) is 24.1 Å². The first-order chi connectivity index (χ1) is 13.9. The number of amides is 1. The van der Waals surface area contributed by atoms with Gasteiger partial charge in [-0.3, -0.25) is 9.59 Å². The Balaban J connectivity index is 1.78. The van der Waals surface area contributed by atoms with Gasteiger partial charge in [-0.1, -0.05) is 41.6 Å². The number of hydrogen-bond donors (Lipinski definition) is 1. The summed E-state index contributed by atoms with van der Waals surface area (Å²) in [6.07, 6.45) is 0. The molecule has 0 aliphatic rings. The number of benzene rings is 2. The van der Waals surface area contributed by atoms with Crippen molar-refractivity contribution in [2.24, 2.45) is 0 Å². The van der Waals surface area contributed by atoms with Gasteiger partial charge in [0.05, 0.1) is 23.7 Å². The summed E-state index contributed by atoms with van der Waals surface area (Å²) in [5, 5.41) is 7.89. The second-order valence-electron chi connectivity index (χ2n) is 6.30. The van der Waals surface area contributed by atoms with Gasteiger partial charge < -0.3 is 10.1 Å². The fourth-order valence-corrected chi connectivity index (χ4v) is 3.55. The van der Waals surface area contributed by atoms with E-state index in [4.69, 9.17) is 16.3 Å². The molecule has 0 aliphatic heterocycles. The van der Waals surface area contributed by atoms with Gasteiger partial charge in [0.2, 0.25) is 5.91 Å². The minimum atomic E-state index is -0.444. The van der Waals surface area contributed by atoms with Gasteiger partial charge in [-0.2, -0.15) is 9.78 Å². The molecule has 1 atom stereocenters. The summed E-state index contributed by atoms with van der Waals surface area (Å²) >= 11 is 7.42. The third-order valence-electron chi connectivity index (χ3n) is 4.21. The molecule has 6 nitrogen and oxygen atoms in total. The minimum absolute atomic E-state index is 0.197. The zero-order chi connectivity index (χ0) is 21.0. The molecule has 0 unspecified atom stereocenters. The number of carbonyl (C=O) groups excluding carboxylic acids is 1. The lowest BCUT2D eigenvalue weighted by Gasteiger charge is -2.14. The second-order valence-corrected chi connectivity index (χ2v) is 8.07. The van der Waals surface area contributed by atoms with E-state index in [9.17, 15) is 9.59 Å². The number of para-hydroxylation sites is 2. The number of aromatic nitrogens is 2. The van der Waals surface area contributed by atoms with Crippen LogP contribution in [0.25, 0.3) is 5.69 Å². The Morgan fingerprint density at radius 2 is 1.97 bits per heavy atom. The number of nitrogens with zero attached hydrogens (tertiary/aromatic N) is 2. The van der Waals surface area contributed by atoms with E-state index in [2.05, 4.69) is 10.4 Å². The van der Waals surface area contributed by atoms with E-state index in [1.807, 2.05) is 25.1 Å². The molecular formula is C21H20ClN3O3S. The molecule has 1 heterocycles. The van der Waals surface area contributed by atoms with E-state index in [1.54, 1.807) is 44.4 Å². The first kappa shape index (κ1) is 21.0. The standard InChI is InChI=1S/C21H20ClN3O3S/c1-13-8-9-15(12-16(13)22)25-20(26)11-10-19(24-25)29-14(2)21(27)23-17-6-4-5-7-18(17)28-3/h4-12,14H,1-3H3,(H,23,27)/t14-/m1/s1. The fraction of sp³-hybridized carbons (Fsp3) is 0.190. The molecule has 2 aromatic carbocycles. The maximum Gasteiger partial charge on any atom is 0.271 e. The number of anilines is 1. The summed E-state index contributed by atoms with van der Waals surface area (Å²) in [4.78, 5) is 24.8. The van der Waals surface area contributed by atoms with Crippen molar-refractivity contribution in [3.8, 4) is 11.4 Å². The lowest BCUT2D eigenvalue weighted by atomic mass is 10.2. The SMILES string of the molecule is COc1ccccc1NC(=O)[C@@H](C)Sc1ccc(=O)n(-c2ccc(C)c(Cl)c2)n1. The van der Waals surface area contributed by atoms with Crippen LogP contribution in [0.4, 0.5) is 5.69 Å². The lowest BCUT2D eigenvalue weighted by molar-refractivity contribution is -0.115. The van der Waals surface area contributed by atoms with E-state index < -0.39 is 5.25 Å². The number of ether oxygens (including phenoxy) is 1. The molecule has 150 valence electrons. The van der Waals surface area contributed by atoms with Crippen LogP contribution in [-0.4, -0.2) is 28.0 Å². The van der Waals surface area contributed by atoms with Crippen LogP contribution in [-0.2, 0) is 4.79 Å². The quantitative estimate of drug-likeness (QED) is 0.590. The monoisotopic (exact) mass is 429 g/mol. The number of halogens is 1. The van der Waals surface area contributed by atoms with Crippen LogP contribution in [0.15, 0.2) is 64.4 Å². The molecule has 0 bridgehead atoms. The first-order valence-corrected chi connectivity index (χ1v) is 10.1. The van der Waals surface area contributed by atoms with Gasteiger partial charge in [0.15, 0.2) is 0 Å². The van der Waals surface area contributed by atoms with Crippen molar-refractivity contribution in [1.29, 1.82) is 0 Å². The predicted molar refractivity (Wildman–Crippen MR) is 117 cm³/mol. The van der Waals surface area contributed by atoms with Crippen molar-refractivity contribution < 1.29 is 9.53 Å². The van der Waals surface area contributed by atoms with Crippen LogP contribution < -0.4 is 15.6 Å². The Kier molecular flexibility index (Phi) is 6.61. The molecule has 0 radical (unpaired) electrons. The summed E-state index contributed by atoms with van der Waals surface area (Å²) in [7, 11) is 1.55. The van der Waals surface area contributed by atoms with E-state index in [0.717, 1.165) is 5.56 Å². The fourth-order valence-electron chi connectivity index (χ4n) is 2.57. The average molecular weight is 430 g/mol. The molecule has 1 amide bonds. The molecule has 3 aromatic rings. The molecule has 29 heavy (non-hydrogen) atoms. The highest BCUT2D eigenvalue weighted by Crippen LogP contribution is 2.26. The third kappa shape index (κ3) is 4.99. The molecule has 8 heteroatoms. The van der Waals surface area contributed by atoms with Gasteiger partial charge in [-0.25, -0.2) is 0 Å². The molecule has 0 saturated heterocycles. The van der Waals surface area contributed by atoms with Crippen molar-refractivity contribution in [2.75, 3.05) is 12.4 Å². The Morgan fingerprint density at radius 1 is 1.21 bits per heavy atom. The number of thioether (sulfide) groups is 1. The summed E-state index contributed by atoms with van der Waals surface area (Å²) in [5.41, 5.74) is 1.80. The highest BCUT2D eigenvalue weighted by molar-refractivity contribution is 8.00. The van der Waals surface area contributed by atoms with Gasteiger partial charge in [0, 0.05) is 11.1 Å². The van der Waals surface area contributed by atoms with E-state index in [1.165, 1.54) is 22.5 Å². The topological polar surface area (TPSA) is 73.2 Å². The Morgan fingerprint density at radius 3 is 2.69 bits per heavy atom. The molecule has 3 rings (SSSR count). The van der Waals surface area contributed by atoms with Gasteiger partial charge in [-0.05, 0) is 49.7 Å². The molecule has 0 aliphatic carbocycles. The number of aryl methyl sites for hydroxylation is 1. The van der Waals surface area contributed by atoms with E-state index >= 15 is 0 Å². The van der Waals surface area contributed by atoms with Crippen LogP contribution >= 0.6 is 23.4 Å². The lowest BCUT2D eigenvalue weighted by Crippen LogP contribution is -2.24. The Labute approximate surface area is 177 Å². The zero-order valence-corrected chi connectivity index (χ0v) is 17.8. The van der Waals surface area contributed by atoms with E-state index in [0.29, 0.717) is 27.2 Å². The smallest absolute Gasteiger partial charge is 0.271 e. The molecule has 0 spiro atoms. The number of carbonyl (C=O) groups is 1. The normalized spacial score (nSPS) is 11.7. The number of nitrogens with one attached hydrogen (secondary N) is 1. The summed E-state index contributed by atoms with van der Waals surface area (Å²) in [5.74, 6) is 0.387. The van der Waals surface area contributed by atoms with Crippen LogP contribution in [0.3, 0.4) is 0 Å². The van der Waals surface area contributed by atoms with Crippen molar-refractivity contribution in [1.82, 2.24) is 9.78 Å². The predicted octanol–water partition coefficient (Wildman–Crippen LogP) is 4.32. The summed E-state index contributed by atoms with van der Waals surface area (Å²) < 4.78 is 6.53. The van der Waals surface area contributed by atoms with Crippen LogP contribution in [0.1, 0.15) is 12.5 Å². The van der Waals surface area contributed by atoms with Gasteiger partial charge in [0.1, 0.15) is 10.8 Å².